The number of aromatic nitrogens is 3. The molecule has 140 valence electrons. The molecule has 2 amide bonds. The zero-order valence-electron chi connectivity index (χ0n) is 14.3. The first kappa shape index (κ1) is 19.4. The Morgan fingerprint density at radius 3 is 2.70 bits per heavy atom. The molecule has 8 nitrogen and oxygen atoms in total. The largest absolute Gasteiger partial charge is 0.459 e. The molecule has 0 fully saturated rings. The number of thioether (sulfide) groups is 1. The van der Waals surface area contributed by atoms with Gasteiger partial charge in [0.05, 0.1) is 18.6 Å². The number of carbonyl (C=O) groups is 2. The van der Waals surface area contributed by atoms with Crippen molar-refractivity contribution in [1.29, 1.82) is 0 Å². The van der Waals surface area contributed by atoms with E-state index in [1.54, 1.807) is 23.7 Å². The van der Waals surface area contributed by atoms with Crippen LogP contribution in [-0.4, -0.2) is 32.3 Å². The molecule has 2 heterocycles. The second-order valence-electron chi connectivity index (χ2n) is 5.46. The molecular formula is C17H16IN5O3S. The Labute approximate surface area is 173 Å². The number of nitrogens with one attached hydrogen (secondary N) is 2. The van der Waals surface area contributed by atoms with Gasteiger partial charge in [-0.05, 0) is 59.0 Å². The fraction of sp³-hybridized carbons (Fsp3) is 0.176. The van der Waals surface area contributed by atoms with Crippen molar-refractivity contribution in [3.63, 3.8) is 0 Å². The van der Waals surface area contributed by atoms with E-state index in [2.05, 4.69) is 43.4 Å². The van der Waals surface area contributed by atoms with Gasteiger partial charge in [-0.3, -0.25) is 9.59 Å². The van der Waals surface area contributed by atoms with Crippen LogP contribution >= 0.6 is 34.4 Å². The molecule has 0 spiro atoms. The molecule has 0 atom stereocenters. The first-order chi connectivity index (χ1) is 13.0. The van der Waals surface area contributed by atoms with Crippen molar-refractivity contribution in [2.45, 2.75) is 11.7 Å². The highest BCUT2D eigenvalue weighted by Crippen LogP contribution is 2.17. The number of hydrogen-bond acceptors (Lipinski definition) is 6. The number of carbonyl (C=O) groups excluding carboxylic acids is 2. The van der Waals surface area contributed by atoms with Crippen LogP contribution < -0.4 is 10.6 Å². The number of rotatable bonds is 7. The smallest absolute Gasteiger partial charge is 0.287 e. The van der Waals surface area contributed by atoms with Gasteiger partial charge >= 0.3 is 0 Å². The lowest BCUT2D eigenvalue weighted by Gasteiger charge is -2.06. The number of benzene rings is 1. The molecule has 2 N–H and O–H groups in total. The van der Waals surface area contributed by atoms with Gasteiger partial charge in [0.15, 0.2) is 16.7 Å². The molecular weight excluding hydrogens is 481 g/mol. The lowest BCUT2D eigenvalue weighted by atomic mass is 10.3. The van der Waals surface area contributed by atoms with Crippen LogP contribution in [-0.2, 0) is 18.4 Å². The SMILES string of the molecule is Cn1c(CNC(=O)c2ccco2)nnc1SCC(=O)Nc1ccc(I)cc1. The average Bonchev–Trinajstić information content (AvgIpc) is 3.31. The molecule has 0 radical (unpaired) electrons. The number of halogens is 1. The summed E-state index contributed by atoms with van der Waals surface area (Å²) in [6.07, 6.45) is 1.44. The maximum absolute atomic E-state index is 12.1. The van der Waals surface area contributed by atoms with Crippen LogP contribution in [0, 0.1) is 3.57 Å². The quantitative estimate of drug-likeness (QED) is 0.385. The van der Waals surface area contributed by atoms with Crippen LogP contribution in [0.3, 0.4) is 0 Å². The van der Waals surface area contributed by atoms with Gasteiger partial charge in [-0.25, -0.2) is 0 Å². The molecule has 1 aromatic carbocycles. The van der Waals surface area contributed by atoms with Crippen LogP contribution in [0.25, 0.3) is 0 Å². The highest BCUT2D eigenvalue weighted by atomic mass is 127. The maximum atomic E-state index is 12.1. The lowest BCUT2D eigenvalue weighted by Crippen LogP contribution is -2.24. The number of amides is 2. The van der Waals surface area contributed by atoms with E-state index < -0.39 is 0 Å². The summed E-state index contributed by atoms with van der Waals surface area (Å²) >= 11 is 3.48. The third kappa shape index (κ3) is 5.32. The Kier molecular flexibility index (Phi) is 6.50. The standard InChI is InChI=1S/C17H16IN5O3S/c1-23-14(9-19-16(25)13-3-2-8-26-13)21-22-17(23)27-10-15(24)20-12-6-4-11(18)5-7-12/h2-8H,9-10H2,1H3,(H,19,25)(H,20,24). The molecule has 3 aromatic rings. The number of hydrogen-bond donors (Lipinski definition) is 2. The minimum atomic E-state index is -0.325. The molecule has 10 heteroatoms. The molecule has 0 aliphatic carbocycles. The molecule has 0 aliphatic heterocycles. The van der Waals surface area contributed by atoms with Crippen molar-refractivity contribution in [1.82, 2.24) is 20.1 Å². The molecule has 0 unspecified atom stereocenters. The van der Waals surface area contributed by atoms with E-state index in [1.807, 2.05) is 24.3 Å². The molecule has 27 heavy (non-hydrogen) atoms. The van der Waals surface area contributed by atoms with Gasteiger partial charge in [-0.15, -0.1) is 10.2 Å². The first-order valence-corrected chi connectivity index (χ1v) is 9.97. The summed E-state index contributed by atoms with van der Waals surface area (Å²) < 4.78 is 7.88. The fourth-order valence-electron chi connectivity index (χ4n) is 2.14. The third-order valence-electron chi connectivity index (χ3n) is 3.54. The van der Waals surface area contributed by atoms with Gasteiger partial charge in [0.25, 0.3) is 5.91 Å². The minimum Gasteiger partial charge on any atom is -0.459 e. The summed E-state index contributed by atoms with van der Waals surface area (Å²) in [6.45, 7) is 0.207. The summed E-state index contributed by atoms with van der Waals surface area (Å²) in [4.78, 5) is 24.0. The highest BCUT2D eigenvalue weighted by Gasteiger charge is 2.14. The molecule has 0 aliphatic rings. The Balaban J connectivity index is 1.50. The summed E-state index contributed by atoms with van der Waals surface area (Å²) in [5.41, 5.74) is 0.750. The van der Waals surface area contributed by atoms with E-state index in [-0.39, 0.29) is 29.9 Å². The van der Waals surface area contributed by atoms with Crippen LogP contribution in [0.1, 0.15) is 16.4 Å². The van der Waals surface area contributed by atoms with Crippen LogP contribution in [0.5, 0.6) is 0 Å². The second-order valence-corrected chi connectivity index (χ2v) is 7.65. The Bertz CT molecular complexity index is 925. The van der Waals surface area contributed by atoms with Crippen molar-refractivity contribution in [3.05, 3.63) is 57.8 Å². The zero-order chi connectivity index (χ0) is 19.2. The minimum absolute atomic E-state index is 0.128. The lowest BCUT2D eigenvalue weighted by molar-refractivity contribution is -0.113. The zero-order valence-corrected chi connectivity index (χ0v) is 17.3. The van der Waals surface area contributed by atoms with E-state index in [4.69, 9.17) is 4.42 Å². The van der Waals surface area contributed by atoms with Crippen molar-refractivity contribution in [2.24, 2.45) is 7.05 Å². The third-order valence-corrected chi connectivity index (χ3v) is 5.28. The average molecular weight is 497 g/mol. The predicted molar refractivity (Wildman–Crippen MR) is 109 cm³/mol. The van der Waals surface area contributed by atoms with Crippen molar-refractivity contribution >= 4 is 51.9 Å². The summed E-state index contributed by atoms with van der Waals surface area (Å²) in [7, 11) is 1.79. The maximum Gasteiger partial charge on any atom is 0.287 e. The van der Waals surface area contributed by atoms with Crippen LogP contribution in [0.2, 0.25) is 0 Å². The van der Waals surface area contributed by atoms with E-state index in [0.29, 0.717) is 11.0 Å². The molecule has 0 saturated heterocycles. The second kappa shape index (κ2) is 9.04. The number of anilines is 1. The molecule has 0 bridgehead atoms. The molecule has 0 saturated carbocycles. The molecule has 3 rings (SSSR count). The van der Waals surface area contributed by atoms with Gasteiger partial charge in [-0.1, -0.05) is 11.8 Å². The summed E-state index contributed by atoms with van der Waals surface area (Å²) in [5.74, 6) is 0.567. The Hall–Kier alpha value is -2.34. The topological polar surface area (TPSA) is 102 Å². The van der Waals surface area contributed by atoms with Gasteiger partial charge in [-0.2, -0.15) is 0 Å². The van der Waals surface area contributed by atoms with E-state index in [9.17, 15) is 9.59 Å². The van der Waals surface area contributed by atoms with E-state index in [1.165, 1.54) is 18.0 Å². The number of nitrogens with zero attached hydrogens (tertiary/aromatic N) is 3. The van der Waals surface area contributed by atoms with Crippen LogP contribution in [0.4, 0.5) is 5.69 Å². The van der Waals surface area contributed by atoms with Gasteiger partial charge in [0.2, 0.25) is 5.91 Å². The first-order valence-electron chi connectivity index (χ1n) is 7.91. The summed E-state index contributed by atoms with van der Waals surface area (Å²) in [5, 5.41) is 14.3. The Morgan fingerprint density at radius 2 is 2.00 bits per heavy atom. The van der Waals surface area contributed by atoms with Crippen LogP contribution in [0.15, 0.2) is 52.2 Å². The van der Waals surface area contributed by atoms with Crippen molar-refractivity contribution in [3.8, 4) is 0 Å². The fourth-order valence-corrected chi connectivity index (χ4v) is 3.23. The normalized spacial score (nSPS) is 10.6. The monoisotopic (exact) mass is 497 g/mol. The van der Waals surface area contributed by atoms with Gasteiger partial charge in [0.1, 0.15) is 0 Å². The predicted octanol–water partition coefficient (Wildman–Crippen LogP) is 2.67. The highest BCUT2D eigenvalue weighted by molar-refractivity contribution is 14.1. The van der Waals surface area contributed by atoms with Crippen molar-refractivity contribution in [2.75, 3.05) is 11.1 Å². The van der Waals surface area contributed by atoms with E-state index >= 15 is 0 Å². The van der Waals surface area contributed by atoms with Gasteiger partial charge < -0.3 is 19.6 Å². The summed E-state index contributed by atoms with van der Waals surface area (Å²) in [6, 6.07) is 10.8. The molecule has 2 aromatic heterocycles. The van der Waals surface area contributed by atoms with E-state index in [0.717, 1.165) is 9.26 Å². The van der Waals surface area contributed by atoms with Crippen molar-refractivity contribution < 1.29 is 14.0 Å². The Morgan fingerprint density at radius 1 is 1.22 bits per heavy atom. The number of furan rings is 1. The van der Waals surface area contributed by atoms with Gasteiger partial charge in [0, 0.05) is 16.3 Å².